The van der Waals surface area contributed by atoms with Gasteiger partial charge in [0.2, 0.25) is 5.91 Å². The summed E-state index contributed by atoms with van der Waals surface area (Å²) in [6.07, 6.45) is 1.50. The molecule has 0 spiro atoms. The molecule has 148 valence electrons. The van der Waals surface area contributed by atoms with Crippen molar-refractivity contribution in [2.45, 2.75) is 25.8 Å². The van der Waals surface area contributed by atoms with Gasteiger partial charge in [-0.15, -0.1) is 0 Å². The Balaban J connectivity index is 1.54. The molecule has 1 atom stereocenters. The molecular weight excluding hydrogens is 356 g/mol. The summed E-state index contributed by atoms with van der Waals surface area (Å²) in [7, 11) is 3.39. The van der Waals surface area contributed by atoms with Gasteiger partial charge in [0.05, 0.1) is 13.2 Å². The standard InChI is InChI=1S/C22H26N2O4/c1-16(17-6-10-19(27-3)11-7-17)23(2)22(26)15-28-20-12-8-18(9-13-20)24-14-4-5-21(24)25/h6-13,16H,4-5,14-15H2,1-3H3. The fraction of sp³-hybridized carbons (Fsp3) is 0.364. The average Bonchev–Trinajstić information content (AvgIpc) is 3.17. The van der Waals surface area contributed by atoms with Gasteiger partial charge in [0.1, 0.15) is 11.5 Å². The lowest BCUT2D eigenvalue weighted by Gasteiger charge is -2.25. The Morgan fingerprint density at radius 1 is 1.11 bits per heavy atom. The quantitative estimate of drug-likeness (QED) is 0.736. The molecule has 3 rings (SSSR count). The Labute approximate surface area is 165 Å². The van der Waals surface area contributed by atoms with E-state index in [1.807, 2.05) is 43.3 Å². The van der Waals surface area contributed by atoms with E-state index in [-0.39, 0.29) is 24.5 Å². The summed E-state index contributed by atoms with van der Waals surface area (Å²) >= 11 is 0. The minimum atomic E-state index is -0.109. The first-order valence-electron chi connectivity index (χ1n) is 9.42. The number of nitrogens with zero attached hydrogens (tertiary/aromatic N) is 2. The van der Waals surface area contributed by atoms with Crippen LogP contribution in [0, 0.1) is 0 Å². The highest BCUT2D eigenvalue weighted by Crippen LogP contribution is 2.25. The maximum atomic E-state index is 12.5. The molecule has 0 aliphatic carbocycles. The Bertz CT molecular complexity index is 817. The highest BCUT2D eigenvalue weighted by molar-refractivity contribution is 5.95. The Kier molecular flexibility index (Phi) is 6.19. The van der Waals surface area contributed by atoms with Crippen molar-refractivity contribution in [1.29, 1.82) is 0 Å². The molecule has 1 saturated heterocycles. The summed E-state index contributed by atoms with van der Waals surface area (Å²) in [6, 6.07) is 14.9. The van der Waals surface area contributed by atoms with Gasteiger partial charge in [-0.25, -0.2) is 0 Å². The lowest BCUT2D eigenvalue weighted by molar-refractivity contribution is -0.134. The van der Waals surface area contributed by atoms with Crippen molar-refractivity contribution in [3.8, 4) is 11.5 Å². The summed E-state index contributed by atoms with van der Waals surface area (Å²) in [5, 5.41) is 0. The van der Waals surface area contributed by atoms with Gasteiger partial charge in [-0.1, -0.05) is 12.1 Å². The molecule has 1 unspecified atom stereocenters. The first-order valence-corrected chi connectivity index (χ1v) is 9.42. The molecule has 2 aromatic rings. The zero-order chi connectivity index (χ0) is 20.1. The number of anilines is 1. The third-order valence-corrected chi connectivity index (χ3v) is 5.16. The number of hydrogen-bond acceptors (Lipinski definition) is 4. The van der Waals surface area contributed by atoms with E-state index in [4.69, 9.17) is 9.47 Å². The van der Waals surface area contributed by atoms with Crippen molar-refractivity contribution in [3.63, 3.8) is 0 Å². The molecule has 2 amide bonds. The summed E-state index contributed by atoms with van der Waals surface area (Å²) in [4.78, 5) is 27.7. The first kappa shape index (κ1) is 19.7. The van der Waals surface area contributed by atoms with Gasteiger partial charge in [-0.05, 0) is 55.3 Å². The second-order valence-corrected chi connectivity index (χ2v) is 6.89. The van der Waals surface area contributed by atoms with E-state index in [0.717, 1.165) is 30.0 Å². The molecule has 1 aliphatic rings. The van der Waals surface area contributed by atoms with Crippen LogP contribution in [0.4, 0.5) is 5.69 Å². The molecule has 0 radical (unpaired) electrons. The normalized spacial score (nSPS) is 14.7. The predicted molar refractivity (Wildman–Crippen MR) is 108 cm³/mol. The molecule has 1 fully saturated rings. The third kappa shape index (κ3) is 4.44. The van der Waals surface area contributed by atoms with Gasteiger partial charge in [0, 0.05) is 25.7 Å². The number of carbonyl (C=O) groups excluding carboxylic acids is 2. The molecule has 0 aromatic heterocycles. The smallest absolute Gasteiger partial charge is 0.260 e. The lowest BCUT2D eigenvalue weighted by atomic mass is 10.1. The maximum Gasteiger partial charge on any atom is 0.260 e. The summed E-state index contributed by atoms with van der Waals surface area (Å²) < 4.78 is 10.8. The molecule has 6 heteroatoms. The van der Waals surface area contributed by atoms with Gasteiger partial charge < -0.3 is 19.3 Å². The zero-order valence-electron chi connectivity index (χ0n) is 16.6. The first-order chi connectivity index (χ1) is 13.5. The molecule has 28 heavy (non-hydrogen) atoms. The topological polar surface area (TPSA) is 59.1 Å². The fourth-order valence-electron chi connectivity index (χ4n) is 3.21. The molecule has 6 nitrogen and oxygen atoms in total. The Hall–Kier alpha value is -3.02. The Morgan fingerprint density at radius 3 is 2.32 bits per heavy atom. The second-order valence-electron chi connectivity index (χ2n) is 6.89. The van der Waals surface area contributed by atoms with Crippen molar-refractivity contribution in [2.75, 3.05) is 32.2 Å². The van der Waals surface area contributed by atoms with Crippen LogP contribution < -0.4 is 14.4 Å². The van der Waals surface area contributed by atoms with E-state index in [1.165, 1.54) is 0 Å². The van der Waals surface area contributed by atoms with E-state index < -0.39 is 0 Å². The molecule has 1 heterocycles. The minimum Gasteiger partial charge on any atom is -0.497 e. The van der Waals surface area contributed by atoms with Crippen LogP contribution >= 0.6 is 0 Å². The maximum absolute atomic E-state index is 12.5. The largest absolute Gasteiger partial charge is 0.497 e. The lowest BCUT2D eigenvalue weighted by Crippen LogP contribution is -2.33. The number of amides is 2. The van der Waals surface area contributed by atoms with Gasteiger partial charge in [0.25, 0.3) is 5.91 Å². The van der Waals surface area contributed by atoms with Gasteiger partial charge in [0.15, 0.2) is 6.61 Å². The van der Waals surface area contributed by atoms with Gasteiger partial charge in [-0.3, -0.25) is 9.59 Å². The summed E-state index contributed by atoms with van der Waals surface area (Å²) in [5.74, 6) is 1.43. The van der Waals surface area contributed by atoms with E-state index in [2.05, 4.69) is 0 Å². The molecule has 0 N–H and O–H groups in total. The monoisotopic (exact) mass is 382 g/mol. The van der Waals surface area contributed by atoms with Crippen LogP contribution in [-0.4, -0.2) is 44.0 Å². The number of hydrogen-bond donors (Lipinski definition) is 0. The van der Waals surface area contributed by atoms with Crippen molar-refractivity contribution in [3.05, 3.63) is 54.1 Å². The van der Waals surface area contributed by atoms with E-state index >= 15 is 0 Å². The number of benzene rings is 2. The minimum absolute atomic E-state index is 0.0427. The highest BCUT2D eigenvalue weighted by Gasteiger charge is 2.22. The van der Waals surface area contributed by atoms with Crippen LogP contribution in [0.3, 0.4) is 0 Å². The van der Waals surface area contributed by atoms with Crippen LogP contribution in [0.5, 0.6) is 11.5 Å². The summed E-state index contributed by atoms with van der Waals surface area (Å²) in [5.41, 5.74) is 1.89. The number of methoxy groups -OCH3 is 1. The predicted octanol–water partition coefficient (Wildman–Crippen LogP) is 3.42. The fourth-order valence-corrected chi connectivity index (χ4v) is 3.21. The van der Waals surface area contributed by atoms with Gasteiger partial charge >= 0.3 is 0 Å². The number of rotatable bonds is 7. The third-order valence-electron chi connectivity index (χ3n) is 5.16. The van der Waals surface area contributed by atoms with Crippen LogP contribution in [0.25, 0.3) is 0 Å². The number of ether oxygens (including phenoxy) is 2. The van der Waals surface area contributed by atoms with Crippen molar-refractivity contribution >= 4 is 17.5 Å². The van der Waals surface area contributed by atoms with Gasteiger partial charge in [-0.2, -0.15) is 0 Å². The van der Waals surface area contributed by atoms with E-state index in [0.29, 0.717) is 12.2 Å². The van der Waals surface area contributed by atoms with E-state index in [1.54, 1.807) is 36.1 Å². The SMILES string of the molecule is COc1ccc(C(C)N(C)C(=O)COc2ccc(N3CCCC3=O)cc2)cc1. The van der Waals surface area contributed by atoms with Crippen LogP contribution in [0.2, 0.25) is 0 Å². The average molecular weight is 382 g/mol. The van der Waals surface area contributed by atoms with Crippen molar-refractivity contribution < 1.29 is 19.1 Å². The van der Waals surface area contributed by atoms with Crippen molar-refractivity contribution in [2.24, 2.45) is 0 Å². The number of likely N-dealkylation sites (N-methyl/N-ethyl adjacent to an activating group) is 1. The Morgan fingerprint density at radius 2 is 1.75 bits per heavy atom. The molecule has 0 bridgehead atoms. The van der Waals surface area contributed by atoms with Crippen LogP contribution in [-0.2, 0) is 9.59 Å². The summed E-state index contributed by atoms with van der Waals surface area (Å²) in [6.45, 7) is 2.69. The number of carbonyl (C=O) groups is 2. The van der Waals surface area contributed by atoms with Crippen LogP contribution in [0.15, 0.2) is 48.5 Å². The van der Waals surface area contributed by atoms with Crippen LogP contribution in [0.1, 0.15) is 31.4 Å². The van der Waals surface area contributed by atoms with Crippen molar-refractivity contribution in [1.82, 2.24) is 4.90 Å². The molecule has 0 saturated carbocycles. The highest BCUT2D eigenvalue weighted by atomic mass is 16.5. The molecule has 2 aromatic carbocycles. The van der Waals surface area contributed by atoms with E-state index in [9.17, 15) is 9.59 Å². The zero-order valence-corrected chi connectivity index (χ0v) is 16.6. The second kappa shape index (κ2) is 8.78. The molecular formula is C22H26N2O4. The molecule has 1 aliphatic heterocycles.